The minimum absolute atomic E-state index is 0.475. The number of likely N-dealkylation sites (tertiary alicyclic amines) is 1. The quantitative estimate of drug-likeness (QED) is 0.726. The zero-order chi connectivity index (χ0) is 10.6. The van der Waals surface area contributed by atoms with Crippen LogP contribution in [0.1, 0.15) is 26.2 Å². The molecule has 0 spiro atoms. The van der Waals surface area contributed by atoms with Crippen LogP contribution in [0.5, 0.6) is 0 Å². The smallest absolute Gasteiger partial charge is 0.0900 e. The molecule has 1 unspecified atom stereocenters. The molecule has 1 fully saturated rings. The average molecular weight is 200 g/mol. The molecule has 0 amide bonds. The minimum atomic E-state index is -0.475. The largest absolute Gasteiger partial charge is 0.387 e. The molecule has 84 valence electrons. The molecule has 0 aromatic heterocycles. The summed E-state index contributed by atoms with van der Waals surface area (Å²) in [5.41, 5.74) is -0.475. The molecule has 0 aromatic rings. The monoisotopic (exact) mass is 200 g/mol. The van der Waals surface area contributed by atoms with Crippen molar-refractivity contribution in [2.24, 2.45) is 0 Å². The zero-order valence-corrected chi connectivity index (χ0v) is 9.79. The van der Waals surface area contributed by atoms with Gasteiger partial charge in [0.15, 0.2) is 0 Å². The van der Waals surface area contributed by atoms with Crippen LogP contribution in [0.4, 0.5) is 0 Å². The second-order valence-electron chi connectivity index (χ2n) is 4.84. The Kier molecular flexibility index (Phi) is 4.35. The Labute approximate surface area is 87.7 Å². The Bertz CT molecular complexity index is 171. The normalized spacial score (nSPS) is 29.8. The second kappa shape index (κ2) is 5.10. The van der Waals surface area contributed by atoms with E-state index in [4.69, 9.17) is 0 Å². The van der Waals surface area contributed by atoms with Crippen molar-refractivity contribution in [1.82, 2.24) is 9.80 Å². The van der Waals surface area contributed by atoms with Gasteiger partial charge in [-0.1, -0.05) is 6.92 Å². The number of likely N-dealkylation sites (N-methyl/N-ethyl adjacent to an activating group) is 1. The lowest BCUT2D eigenvalue weighted by atomic mass is 9.92. The van der Waals surface area contributed by atoms with Crippen molar-refractivity contribution >= 4 is 0 Å². The molecule has 0 bridgehead atoms. The van der Waals surface area contributed by atoms with Gasteiger partial charge in [-0.15, -0.1) is 0 Å². The predicted octanol–water partition coefficient (Wildman–Crippen LogP) is 0.785. The topological polar surface area (TPSA) is 26.7 Å². The Balaban J connectivity index is 2.44. The van der Waals surface area contributed by atoms with Crippen molar-refractivity contribution in [3.05, 3.63) is 0 Å². The van der Waals surface area contributed by atoms with Crippen LogP contribution in [-0.2, 0) is 0 Å². The molecule has 1 saturated heterocycles. The fourth-order valence-corrected chi connectivity index (χ4v) is 2.43. The van der Waals surface area contributed by atoms with Gasteiger partial charge >= 0.3 is 0 Å². The third kappa shape index (κ3) is 3.56. The summed E-state index contributed by atoms with van der Waals surface area (Å²) in [5.74, 6) is 0. The maximum absolute atomic E-state index is 10.4. The molecule has 0 aliphatic carbocycles. The van der Waals surface area contributed by atoms with E-state index in [1.165, 1.54) is 6.42 Å². The van der Waals surface area contributed by atoms with Gasteiger partial charge < -0.3 is 14.9 Å². The Morgan fingerprint density at radius 2 is 2.14 bits per heavy atom. The third-order valence-electron chi connectivity index (χ3n) is 2.78. The first-order chi connectivity index (χ1) is 6.56. The van der Waals surface area contributed by atoms with E-state index in [2.05, 4.69) is 16.7 Å². The van der Waals surface area contributed by atoms with E-state index in [0.29, 0.717) is 0 Å². The Morgan fingerprint density at radius 1 is 1.43 bits per heavy atom. The highest BCUT2D eigenvalue weighted by Gasteiger charge is 2.33. The number of aliphatic hydroxyl groups is 1. The van der Waals surface area contributed by atoms with Gasteiger partial charge in [0, 0.05) is 13.1 Å². The molecule has 0 saturated carbocycles. The van der Waals surface area contributed by atoms with Crippen LogP contribution < -0.4 is 0 Å². The highest BCUT2D eigenvalue weighted by molar-refractivity contribution is 4.88. The van der Waals surface area contributed by atoms with Crippen LogP contribution in [0, 0.1) is 0 Å². The SMILES string of the molecule is CCCN1CCCC(O)(CN(C)C)C1. The van der Waals surface area contributed by atoms with Crippen LogP contribution >= 0.6 is 0 Å². The van der Waals surface area contributed by atoms with Gasteiger partial charge in [-0.25, -0.2) is 0 Å². The molecular weight excluding hydrogens is 176 g/mol. The van der Waals surface area contributed by atoms with E-state index >= 15 is 0 Å². The summed E-state index contributed by atoms with van der Waals surface area (Å²) in [7, 11) is 4.05. The fourth-order valence-electron chi connectivity index (χ4n) is 2.43. The van der Waals surface area contributed by atoms with Crippen molar-refractivity contribution in [3.8, 4) is 0 Å². The summed E-state index contributed by atoms with van der Waals surface area (Å²) < 4.78 is 0. The summed E-state index contributed by atoms with van der Waals surface area (Å²) >= 11 is 0. The summed E-state index contributed by atoms with van der Waals surface area (Å²) in [6.07, 6.45) is 3.26. The van der Waals surface area contributed by atoms with Crippen LogP contribution in [0.25, 0.3) is 0 Å². The molecule has 3 nitrogen and oxygen atoms in total. The van der Waals surface area contributed by atoms with Gasteiger partial charge in [0.1, 0.15) is 0 Å². The molecule has 1 N–H and O–H groups in total. The molecule has 3 heteroatoms. The lowest BCUT2D eigenvalue weighted by Gasteiger charge is -2.40. The van der Waals surface area contributed by atoms with Gasteiger partial charge in [-0.2, -0.15) is 0 Å². The molecule has 1 aliphatic rings. The molecule has 1 aliphatic heterocycles. The standard InChI is InChI=1S/C11H24N2O/c1-4-7-13-8-5-6-11(14,10-13)9-12(2)3/h14H,4-10H2,1-3H3. The Morgan fingerprint density at radius 3 is 2.71 bits per heavy atom. The molecule has 14 heavy (non-hydrogen) atoms. The summed E-state index contributed by atoms with van der Waals surface area (Å²) in [5, 5.41) is 10.4. The van der Waals surface area contributed by atoms with Crippen molar-refractivity contribution in [1.29, 1.82) is 0 Å². The van der Waals surface area contributed by atoms with Gasteiger partial charge in [-0.3, -0.25) is 0 Å². The average Bonchev–Trinajstić information content (AvgIpc) is 2.01. The first-order valence-electron chi connectivity index (χ1n) is 5.65. The molecule has 1 rings (SSSR count). The van der Waals surface area contributed by atoms with E-state index in [0.717, 1.165) is 39.0 Å². The highest BCUT2D eigenvalue weighted by atomic mass is 16.3. The van der Waals surface area contributed by atoms with Gasteiger partial charge in [-0.05, 0) is 46.4 Å². The van der Waals surface area contributed by atoms with Crippen molar-refractivity contribution in [2.45, 2.75) is 31.8 Å². The predicted molar refractivity (Wildman–Crippen MR) is 59.5 cm³/mol. The summed E-state index contributed by atoms with van der Waals surface area (Å²) in [6.45, 7) is 6.10. The van der Waals surface area contributed by atoms with E-state index in [1.807, 2.05) is 14.1 Å². The minimum Gasteiger partial charge on any atom is -0.387 e. The zero-order valence-electron chi connectivity index (χ0n) is 9.79. The van der Waals surface area contributed by atoms with Crippen LogP contribution in [0.3, 0.4) is 0 Å². The number of hydrogen-bond acceptors (Lipinski definition) is 3. The summed E-state index contributed by atoms with van der Waals surface area (Å²) in [4.78, 5) is 4.46. The van der Waals surface area contributed by atoms with E-state index in [9.17, 15) is 5.11 Å². The first kappa shape index (κ1) is 12.0. The highest BCUT2D eigenvalue weighted by Crippen LogP contribution is 2.21. The number of rotatable bonds is 4. The van der Waals surface area contributed by atoms with Gasteiger partial charge in [0.2, 0.25) is 0 Å². The van der Waals surface area contributed by atoms with Crippen LogP contribution in [0.2, 0.25) is 0 Å². The third-order valence-corrected chi connectivity index (χ3v) is 2.78. The van der Waals surface area contributed by atoms with E-state index in [1.54, 1.807) is 0 Å². The van der Waals surface area contributed by atoms with E-state index in [-0.39, 0.29) is 0 Å². The lowest BCUT2D eigenvalue weighted by Crippen LogP contribution is -2.53. The van der Waals surface area contributed by atoms with E-state index < -0.39 is 5.60 Å². The number of hydrogen-bond donors (Lipinski definition) is 1. The van der Waals surface area contributed by atoms with Crippen molar-refractivity contribution in [2.75, 3.05) is 40.3 Å². The van der Waals surface area contributed by atoms with Crippen LogP contribution in [-0.4, -0.2) is 60.8 Å². The molecule has 1 heterocycles. The molecule has 1 atom stereocenters. The summed E-state index contributed by atoms with van der Waals surface area (Å²) in [6, 6.07) is 0. The molecule has 0 radical (unpaired) electrons. The van der Waals surface area contributed by atoms with Gasteiger partial charge in [0.25, 0.3) is 0 Å². The number of nitrogens with zero attached hydrogens (tertiary/aromatic N) is 2. The van der Waals surface area contributed by atoms with Crippen LogP contribution in [0.15, 0.2) is 0 Å². The first-order valence-corrected chi connectivity index (χ1v) is 5.65. The second-order valence-corrected chi connectivity index (χ2v) is 4.84. The fraction of sp³-hybridized carbons (Fsp3) is 1.00. The maximum atomic E-state index is 10.4. The number of piperidine rings is 1. The Hall–Kier alpha value is -0.120. The van der Waals surface area contributed by atoms with Crippen molar-refractivity contribution < 1.29 is 5.11 Å². The number of β-amino-alcohol motifs (C(OH)–C–C–N with tert-alkyl or cyclic N) is 1. The lowest BCUT2D eigenvalue weighted by molar-refractivity contribution is -0.0456. The van der Waals surface area contributed by atoms with Crippen molar-refractivity contribution in [3.63, 3.8) is 0 Å². The van der Waals surface area contributed by atoms with Gasteiger partial charge in [0.05, 0.1) is 5.60 Å². The molecular formula is C11H24N2O. The maximum Gasteiger partial charge on any atom is 0.0900 e. The molecule has 0 aromatic carbocycles.